The molecule has 1 nitrogen and oxygen atoms in total. The molecule has 0 amide bonds. The summed E-state index contributed by atoms with van der Waals surface area (Å²) in [6, 6.07) is 58.1. The SMILES string of the molecule is Clc1cc(-c2cccc3c2-c2ccccc2C3(c2ccccc2)c2ccccc2)c2oc3ccccc3c2c1-c1ccccc1. The van der Waals surface area contributed by atoms with Crippen molar-refractivity contribution >= 4 is 33.5 Å². The predicted octanol–water partition coefficient (Wildman–Crippen LogP) is 11.9. The normalized spacial score (nSPS) is 13.2. The fourth-order valence-corrected chi connectivity index (χ4v) is 7.98. The van der Waals surface area contributed by atoms with E-state index in [0.29, 0.717) is 5.02 Å². The van der Waals surface area contributed by atoms with Crippen molar-refractivity contribution < 1.29 is 4.42 Å². The Morgan fingerprint density at radius 3 is 1.78 bits per heavy atom. The van der Waals surface area contributed by atoms with Crippen LogP contribution in [0.4, 0.5) is 0 Å². The van der Waals surface area contributed by atoms with Gasteiger partial charge in [-0.2, -0.15) is 0 Å². The Hall–Kier alpha value is -5.37. The van der Waals surface area contributed by atoms with E-state index in [4.69, 9.17) is 16.0 Å². The van der Waals surface area contributed by atoms with Crippen molar-refractivity contribution in [3.8, 4) is 33.4 Å². The average molecular weight is 595 g/mol. The quantitative estimate of drug-likeness (QED) is 0.197. The number of rotatable bonds is 4. The molecule has 0 atom stereocenters. The molecular weight excluding hydrogens is 568 g/mol. The summed E-state index contributed by atoms with van der Waals surface area (Å²) in [6.45, 7) is 0. The summed E-state index contributed by atoms with van der Waals surface area (Å²) in [5.74, 6) is 0. The van der Waals surface area contributed by atoms with Crippen LogP contribution in [0.25, 0.3) is 55.3 Å². The van der Waals surface area contributed by atoms with Gasteiger partial charge in [-0.1, -0.05) is 163 Å². The third kappa shape index (κ3) is 3.68. The maximum Gasteiger partial charge on any atom is 0.143 e. The monoisotopic (exact) mass is 594 g/mol. The number of fused-ring (bicyclic) bond motifs is 6. The molecule has 0 N–H and O–H groups in total. The first-order chi connectivity index (χ1) is 22.3. The summed E-state index contributed by atoms with van der Waals surface area (Å²) in [5.41, 5.74) is 12.8. The summed E-state index contributed by atoms with van der Waals surface area (Å²) in [7, 11) is 0. The van der Waals surface area contributed by atoms with Gasteiger partial charge in [0.05, 0.1) is 5.41 Å². The van der Waals surface area contributed by atoms with E-state index in [-0.39, 0.29) is 0 Å². The smallest absolute Gasteiger partial charge is 0.143 e. The molecule has 9 rings (SSSR count). The first-order valence-corrected chi connectivity index (χ1v) is 15.7. The zero-order chi connectivity index (χ0) is 30.0. The van der Waals surface area contributed by atoms with Crippen molar-refractivity contribution in [3.63, 3.8) is 0 Å². The molecule has 0 saturated heterocycles. The number of halogens is 1. The minimum absolute atomic E-state index is 0.481. The molecule has 0 fully saturated rings. The van der Waals surface area contributed by atoms with Crippen LogP contribution >= 0.6 is 11.6 Å². The van der Waals surface area contributed by atoms with E-state index in [1.807, 2.05) is 18.2 Å². The lowest BCUT2D eigenvalue weighted by Gasteiger charge is -2.34. The Morgan fingerprint density at radius 1 is 0.467 bits per heavy atom. The molecule has 1 aliphatic carbocycles. The Morgan fingerprint density at radius 2 is 1.04 bits per heavy atom. The molecule has 1 heterocycles. The van der Waals surface area contributed by atoms with Gasteiger partial charge >= 0.3 is 0 Å². The lowest BCUT2D eigenvalue weighted by Crippen LogP contribution is -2.28. The molecule has 0 bridgehead atoms. The van der Waals surface area contributed by atoms with Gasteiger partial charge in [0.25, 0.3) is 0 Å². The van der Waals surface area contributed by atoms with Crippen molar-refractivity contribution in [2.75, 3.05) is 0 Å². The van der Waals surface area contributed by atoms with Crippen LogP contribution in [0.2, 0.25) is 5.02 Å². The molecule has 0 saturated carbocycles. The lowest BCUT2D eigenvalue weighted by atomic mass is 9.67. The molecule has 1 aliphatic rings. The van der Waals surface area contributed by atoms with Gasteiger partial charge < -0.3 is 4.42 Å². The fraction of sp³-hybridized carbons (Fsp3) is 0.0233. The van der Waals surface area contributed by atoms with E-state index < -0.39 is 5.41 Å². The van der Waals surface area contributed by atoms with Crippen LogP contribution in [0.3, 0.4) is 0 Å². The zero-order valence-electron chi connectivity index (χ0n) is 24.4. The van der Waals surface area contributed by atoms with Gasteiger partial charge in [0.1, 0.15) is 11.2 Å². The number of furan rings is 1. The summed E-state index contributed by atoms with van der Waals surface area (Å²) < 4.78 is 6.77. The van der Waals surface area contributed by atoms with E-state index in [1.165, 1.54) is 33.4 Å². The second-order valence-corrected chi connectivity index (χ2v) is 12.1. The van der Waals surface area contributed by atoms with Gasteiger partial charge in [0, 0.05) is 26.9 Å². The summed E-state index contributed by atoms with van der Waals surface area (Å²) in [5, 5.41) is 2.81. The van der Waals surface area contributed by atoms with Crippen molar-refractivity contribution in [2.45, 2.75) is 5.41 Å². The molecule has 45 heavy (non-hydrogen) atoms. The second-order valence-electron chi connectivity index (χ2n) is 11.7. The fourth-order valence-electron chi connectivity index (χ4n) is 7.67. The lowest BCUT2D eigenvalue weighted by molar-refractivity contribution is 0.670. The highest BCUT2D eigenvalue weighted by Gasteiger charge is 2.46. The molecule has 0 aliphatic heterocycles. The van der Waals surface area contributed by atoms with E-state index >= 15 is 0 Å². The third-order valence-electron chi connectivity index (χ3n) is 9.44. The van der Waals surface area contributed by atoms with Crippen LogP contribution in [0.15, 0.2) is 168 Å². The topological polar surface area (TPSA) is 13.1 Å². The average Bonchev–Trinajstić information content (AvgIpc) is 3.64. The highest BCUT2D eigenvalue weighted by atomic mass is 35.5. The molecule has 1 aromatic heterocycles. The summed E-state index contributed by atoms with van der Waals surface area (Å²) in [6.07, 6.45) is 0. The van der Waals surface area contributed by atoms with Crippen LogP contribution in [0.1, 0.15) is 22.3 Å². The molecule has 8 aromatic rings. The van der Waals surface area contributed by atoms with Crippen LogP contribution in [-0.2, 0) is 5.41 Å². The van der Waals surface area contributed by atoms with Crippen molar-refractivity contribution in [3.05, 3.63) is 191 Å². The predicted molar refractivity (Wildman–Crippen MR) is 187 cm³/mol. The minimum atomic E-state index is -0.481. The molecule has 0 spiro atoms. The van der Waals surface area contributed by atoms with Crippen LogP contribution in [0, 0.1) is 0 Å². The maximum absolute atomic E-state index is 7.31. The third-order valence-corrected chi connectivity index (χ3v) is 9.73. The number of benzene rings is 7. The van der Waals surface area contributed by atoms with Crippen molar-refractivity contribution in [1.82, 2.24) is 0 Å². The maximum atomic E-state index is 7.31. The number of para-hydroxylation sites is 1. The Labute approximate surface area is 267 Å². The Kier molecular flexibility index (Phi) is 5.84. The van der Waals surface area contributed by atoms with Gasteiger partial charge in [-0.3, -0.25) is 0 Å². The summed E-state index contributed by atoms with van der Waals surface area (Å²) in [4.78, 5) is 0. The van der Waals surface area contributed by atoms with Crippen LogP contribution < -0.4 is 0 Å². The minimum Gasteiger partial charge on any atom is -0.455 e. The van der Waals surface area contributed by atoms with Crippen molar-refractivity contribution in [2.24, 2.45) is 0 Å². The molecule has 0 unspecified atom stereocenters. The van der Waals surface area contributed by atoms with Gasteiger partial charge in [-0.15, -0.1) is 0 Å². The Bertz CT molecular complexity index is 2330. The highest BCUT2D eigenvalue weighted by Crippen LogP contribution is 2.59. The largest absolute Gasteiger partial charge is 0.455 e. The number of hydrogen-bond acceptors (Lipinski definition) is 1. The van der Waals surface area contributed by atoms with Gasteiger partial charge in [-0.05, 0) is 56.6 Å². The molecule has 0 radical (unpaired) electrons. The second kappa shape index (κ2) is 10.1. The van der Waals surface area contributed by atoms with Crippen molar-refractivity contribution in [1.29, 1.82) is 0 Å². The summed E-state index contributed by atoms with van der Waals surface area (Å²) >= 11 is 7.31. The zero-order valence-corrected chi connectivity index (χ0v) is 25.1. The van der Waals surface area contributed by atoms with Crippen LogP contribution in [0.5, 0.6) is 0 Å². The van der Waals surface area contributed by atoms with E-state index in [1.54, 1.807) is 0 Å². The van der Waals surface area contributed by atoms with Gasteiger partial charge in [0.15, 0.2) is 0 Å². The molecule has 7 aromatic carbocycles. The van der Waals surface area contributed by atoms with Crippen LogP contribution in [-0.4, -0.2) is 0 Å². The van der Waals surface area contributed by atoms with E-state index in [2.05, 4.69) is 146 Å². The molecule has 212 valence electrons. The number of hydrogen-bond donors (Lipinski definition) is 0. The standard InChI is InChI=1S/C43H27ClO/c44-37-27-34(42-41(33-22-11-13-26-38(33)45-42)39(37)28-15-4-1-5-16-28)31-23-14-25-36-40(31)32-21-10-12-24-35(32)43(36,29-17-6-2-7-18-29)30-19-8-3-9-20-30/h1-27H. The van der Waals surface area contributed by atoms with Gasteiger partial charge in [0.2, 0.25) is 0 Å². The highest BCUT2D eigenvalue weighted by molar-refractivity contribution is 6.37. The molecule has 2 heteroatoms. The first-order valence-electron chi connectivity index (χ1n) is 15.3. The Balaban J connectivity index is 1.42. The van der Waals surface area contributed by atoms with E-state index in [9.17, 15) is 0 Å². The van der Waals surface area contributed by atoms with Gasteiger partial charge in [-0.25, -0.2) is 0 Å². The van der Waals surface area contributed by atoms with E-state index in [0.717, 1.165) is 44.2 Å². The molecular formula is C43H27ClO. The first kappa shape index (κ1) is 26.1.